The Kier molecular flexibility index (Phi) is 11.9. The molecule has 0 fully saturated rings. The summed E-state index contributed by atoms with van der Waals surface area (Å²) in [5.41, 5.74) is -0.321. The van der Waals surface area contributed by atoms with Gasteiger partial charge >= 0.3 is 0 Å². The summed E-state index contributed by atoms with van der Waals surface area (Å²) in [7, 11) is 0. The molecule has 0 aliphatic carbocycles. The Hall–Kier alpha value is -1.86. The summed E-state index contributed by atoms with van der Waals surface area (Å²) in [6.07, 6.45) is 7.55. The van der Waals surface area contributed by atoms with Gasteiger partial charge in [-0.25, -0.2) is 24.8 Å². The van der Waals surface area contributed by atoms with Crippen LogP contribution in [0.4, 0.5) is 0 Å². The summed E-state index contributed by atoms with van der Waals surface area (Å²) in [6, 6.07) is 0.0418. The third kappa shape index (κ3) is 14.1. The minimum Gasteiger partial charge on any atom is -0.222 e. The van der Waals surface area contributed by atoms with Crippen molar-refractivity contribution in [3.63, 3.8) is 0 Å². The highest BCUT2D eigenvalue weighted by molar-refractivity contribution is 5.34. The highest BCUT2D eigenvalue weighted by Gasteiger charge is 2.15. The molecular formula is C12H19N3O3. The first-order valence-electron chi connectivity index (χ1n) is 5.63. The third-order valence-corrected chi connectivity index (χ3v) is 2.28. The Labute approximate surface area is 107 Å². The minimum absolute atomic E-state index is 0.0418. The number of aliphatic imine (C=N–C) groups is 2. The lowest BCUT2D eigenvalue weighted by molar-refractivity contribution is 0.436. The lowest BCUT2D eigenvalue weighted by Gasteiger charge is -2.16. The van der Waals surface area contributed by atoms with Gasteiger partial charge in [0, 0.05) is 0 Å². The monoisotopic (exact) mass is 253 g/mol. The van der Waals surface area contributed by atoms with Crippen LogP contribution in [0.1, 0.15) is 46.5 Å². The Balaban J connectivity index is 0. The van der Waals surface area contributed by atoms with Gasteiger partial charge in [-0.2, -0.15) is 4.99 Å². The molecule has 6 nitrogen and oxygen atoms in total. The van der Waals surface area contributed by atoms with Crippen molar-refractivity contribution in [1.29, 1.82) is 5.41 Å². The maximum absolute atomic E-state index is 10.1. The SMILES string of the molecule is CC(CCCCC(C)(C)N=C=O)N=C=O.N=C=O. The van der Waals surface area contributed by atoms with Crippen LogP contribution in [-0.4, -0.2) is 29.8 Å². The van der Waals surface area contributed by atoms with Crippen molar-refractivity contribution >= 4 is 18.2 Å². The molecule has 0 aromatic rings. The van der Waals surface area contributed by atoms with E-state index in [0.717, 1.165) is 31.8 Å². The van der Waals surface area contributed by atoms with Gasteiger partial charge in [0.1, 0.15) is 0 Å². The van der Waals surface area contributed by atoms with Crippen LogP contribution in [0.5, 0.6) is 0 Å². The van der Waals surface area contributed by atoms with E-state index in [1.165, 1.54) is 0 Å². The fourth-order valence-corrected chi connectivity index (χ4v) is 1.33. The molecule has 0 aromatic heterocycles. The Morgan fingerprint density at radius 2 is 1.72 bits per heavy atom. The van der Waals surface area contributed by atoms with Gasteiger partial charge in [-0.05, 0) is 33.6 Å². The minimum atomic E-state index is -0.321. The van der Waals surface area contributed by atoms with Gasteiger partial charge in [-0.3, -0.25) is 0 Å². The summed E-state index contributed by atoms with van der Waals surface area (Å²) >= 11 is 0. The van der Waals surface area contributed by atoms with E-state index < -0.39 is 0 Å². The van der Waals surface area contributed by atoms with E-state index in [2.05, 4.69) is 9.98 Å². The Morgan fingerprint density at radius 1 is 1.17 bits per heavy atom. The maximum Gasteiger partial charge on any atom is 0.235 e. The van der Waals surface area contributed by atoms with Crippen LogP contribution in [-0.2, 0) is 14.4 Å². The second-order valence-corrected chi connectivity index (χ2v) is 4.43. The van der Waals surface area contributed by atoms with Crippen molar-refractivity contribution < 1.29 is 14.4 Å². The molecule has 0 amide bonds. The summed E-state index contributed by atoms with van der Waals surface area (Å²) in [4.78, 5) is 35.7. The molecule has 0 saturated carbocycles. The predicted molar refractivity (Wildman–Crippen MR) is 66.7 cm³/mol. The van der Waals surface area contributed by atoms with Crippen molar-refractivity contribution in [2.45, 2.75) is 58.0 Å². The summed E-state index contributed by atoms with van der Waals surface area (Å²) in [6.45, 7) is 5.70. The lowest BCUT2D eigenvalue weighted by Crippen LogP contribution is -2.15. The standard InChI is InChI=1S/C11H18N2O2.CHNO/c1-10(12-8-14)6-4-5-7-11(2,3)13-9-15;2-1-3/h10H,4-7H2,1-3H3;2H. The number of carbonyl (C=O) groups excluding carboxylic acids is 3. The molecule has 0 aliphatic rings. The molecule has 6 heteroatoms. The third-order valence-electron chi connectivity index (χ3n) is 2.28. The first-order chi connectivity index (χ1) is 8.43. The van der Waals surface area contributed by atoms with Crippen LogP contribution < -0.4 is 0 Å². The van der Waals surface area contributed by atoms with Crippen LogP contribution in [0.25, 0.3) is 0 Å². The number of hydrogen-bond acceptors (Lipinski definition) is 6. The molecule has 0 heterocycles. The molecule has 0 rings (SSSR count). The van der Waals surface area contributed by atoms with Crippen LogP contribution >= 0.6 is 0 Å². The highest BCUT2D eigenvalue weighted by Crippen LogP contribution is 2.18. The fraction of sp³-hybridized carbons (Fsp3) is 0.750. The summed E-state index contributed by atoms with van der Waals surface area (Å²) in [5, 5.41) is 5.40. The molecule has 0 aliphatic heterocycles. The van der Waals surface area contributed by atoms with Gasteiger partial charge in [-0.1, -0.05) is 12.8 Å². The van der Waals surface area contributed by atoms with E-state index in [9.17, 15) is 9.59 Å². The first kappa shape index (κ1) is 18.5. The zero-order chi connectivity index (χ0) is 14.4. The molecule has 0 bridgehead atoms. The van der Waals surface area contributed by atoms with Crippen molar-refractivity contribution in [3.8, 4) is 0 Å². The van der Waals surface area contributed by atoms with Crippen molar-refractivity contribution in [2.75, 3.05) is 0 Å². The van der Waals surface area contributed by atoms with E-state index >= 15 is 0 Å². The Morgan fingerprint density at radius 3 is 2.17 bits per heavy atom. The maximum atomic E-state index is 10.1. The van der Waals surface area contributed by atoms with Crippen LogP contribution in [0.2, 0.25) is 0 Å². The molecule has 0 aromatic carbocycles. The van der Waals surface area contributed by atoms with Crippen LogP contribution in [0, 0.1) is 5.41 Å². The topological polar surface area (TPSA) is 99.8 Å². The van der Waals surface area contributed by atoms with E-state index in [4.69, 9.17) is 10.2 Å². The molecule has 0 spiro atoms. The largest absolute Gasteiger partial charge is 0.235 e. The van der Waals surface area contributed by atoms with Gasteiger partial charge in [0.2, 0.25) is 18.2 Å². The number of unbranched alkanes of at least 4 members (excludes halogenated alkanes) is 1. The number of isocyanates is 3. The van der Waals surface area contributed by atoms with E-state index in [0.29, 0.717) is 0 Å². The smallest absolute Gasteiger partial charge is 0.222 e. The molecule has 1 atom stereocenters. The van der Waals surface area contributed by atoms with Crippen LogP contribution in [0.3, 0.4) is 0 Å². The van der Waals surface area contributed by atoms with Crippen LogP contribution in [0.15, 0.2) is 9.98 Å². The number of nitrogens with one attached hydrogen (secondary N) is 1. The second-order valence-electron chi connectivity index (χ2n) is 4.43. The van der Waals surface area contributed by atoms with Gasteiger partial charge in [0.05, 0.1) is 11.6 Å². The van der Waals surface area contributed by atoms with Crippen molar-refractivity contribution in [3.05, 3.63) is 0 Å². The number of hydrogen-bond donors (Lipinski definition) is 1. The van der Waals surface area contributed by atoms with Gasteiger partial charge < -0.3 is 0 Å². The van der Waals surface area contributed by atoms with Crippen molar-refractivity contribution in [1.82, 2.24) is 0 Å². The zero-order valence-corrected chi connectivity index (χ0v) is 11.0. The number of nitrogens with zero attached hydrogens (tertiary/aromatic N) is 2. The molecule has 1 unspecified atom stereocenters. The normalized spacial score (nSPS) is 10.8. The highest BCUT2D eigenvalue weighted by atomic mass is 16.1. The molecule has 1 N–H and O–H groups in total. The van der Waals surface area contributed by atoms with E-state index in [1.54, 1.807) is 12.2 Å². The average Bonchev–Trinajstić information content (AvgIpc) is 2.26. The summed E-state index contributed by atoms with van der Waals surface area (Å²) in [5.74, 6) is 0. The first-order valence-corrected chi connectivity index (χ1v) is 5.63. The van der Waals surface area contributed by atoms with Gasteiger partial charge in [0.15, 0.2) is 0 Å². The molecule has 0 saturated heterocycles. The van der Waals surface area contributed by atoms with Gasteiger partial charge in [-0.15, -0.1) is 0 Å². The van der Waals surface area contributed by atoms with Crippen molar-refractivity contribution in [2.24, 2.45) is 9.98 Å². The molecular weight excluding hydrogens is 234 g/mol. The molecule has 0 radical (unpaired) electrons. The fourth-order valence-electron chi connectivity index (χ4n) is 1.33. The summed E-state index contributed by atoms with van der Waals surface area (Å²) < 4.78 is 0. The quantitative estimate of drug-likeness (QED) is 0.428. The zero-order valence-electron chi connectivity index (χ0n) is 11.0. The molecule has 18 heavy (non-hydrogen) atoms. The molecule has 100 valence electrons. The average molecular weight is 253 g/mol. The predicted octanol–water partition coefficient (Wildman–Crippen LogP) is 2.29. The lowest BCUT2D eigenvalue weighted by atomic mass is 9.97. The number of rotatable bonds is 7. The van der Waals surface area contributed by atoms with E-state index in [-0.39, 0.29) is 11.6 Å². The van der Waals surface area contributed by atoms with E-state index in [1.807, 2.05) is 20.8 Å². The second kappa shape index (κ2) is 11.6. The Bertz CT molecular complexity index is 348. The van der Waals surface area contributed by atoms with Gasteiger partial charge in [0.25, 0.3) is 0 Å².